The zero-order valence-corrected chi connectivity index (χ0v) is 14.1. The van der Waals surface area contributed by atoms with Gasteiger partial charge in [-0.3, -0.25) is 0 Å². The number of nitrogens with one attached hydrogen (secondary N) is 1. The molecule has 0 amide bonds. The van der Waals surface area contributed by atoms with Crippen molar-refractivity contribution in [3.63, 3.8) is 0 Å². The molecular weight excluding hydrogens is 306 g/mol. The fourth-order valence-electron chi connectivity index (χ4n) is 3.66. The van der Waals surface area contributed by atoms with Gasteiger partial charge in [0.25, 0.3) is 0 Å². The molecule has 3 nitrogen and oxygen atoms in total. The standard InChI is InChI=1S/C16H24ClNO2S/c1-2-18-15(13-3-4-14(17)20-13)12-5-8-19-16(11-12)6-9-21-10-7-16/h3-4,12,15,18H,2,5-11H2,1H3. The predicted octanol–water partition coefficient (Wildman–Crippen LogP) is 4.28. The molecule has 0 radical (unpaired) electrons. The molecular formula is C16H24ClNO2S. The van der Waals surface area contributed by atoms with Gasteiger partial charge in [0.15, 0.2) is 5.22 Å². The number of hydrogen-bond donors (Lipinski definition) is 1. The topological polar surface area (TPSA) is 34.4 Å². The SMILES string of the molecule is CCNC(c1ccc(Cl)o1)C1CCOC2(CCSCC2)C1. The zero-order valence-electron chi connectivity index (χ0n) is 12.6. The van der Waals surface area contributed by atoms with Crippen LogP contribution in [0.15, 0.2) is 16.5 Å². The van der Waals surface area contributed by atoms with E-state index in [1.54, 1.807) is 0 Å². The first-order valence-electron chi connectivity index (χ1n) is 7.93. The van der Waals surface area contributed by atoms with Crippen LogP contribution in [0.25, 0.3) is 0 Å². The molecule has 2 fully saturated rings. The molecule has 1 aromatic rings. The van der Waals surface area contributed by atoms with Gasteiger partial charge in [0.05, 0.1) is 11.6 Å². The molecule has 2 aliphatic rings. The van der Waals surface area contributed by atoms with Gasteiger partial charge in [-0.15, -0.1) is 0 Å². The van der Waals surface area contributed by atoms with E-state index in [-0.39, 0.29) is 11.6 Å². The Morgan fingerprint density at radius 2 is 2.24 bits per heavy atom. The van der Waals surface area contributed by atoms with Crippen LogP contribution in [0.5, 0.6) is 0 Å². The van der Waals surface area contributed by atoms with E-state index in [2.05, 4.69) is 24.0 Å². The second kappa shape index (κ2) is 6.95. The van der Waals surface area contributed by atoms with E-state index in [9.17, 15) is 0 Å². The summed E-state index contributed by atoms with van der Waals surface area (Å²) in [5.74, 6) is 3.98. The first-order valence-corrected chi connectivity index (χ1v) is 9.46. The lowest BCUT2D eigenvalue weighted by molar-refractivity contribution is -0.108. The van der Waals surface area contributed by atoms with Crippen molar-refractivity contribution in [2.45, 2.75) is 44.2 Å². The van der Waals surface area contributed by atoms with Gasteiger partial charge in [0.1, 0.15) is 5.76 Å². The second-order valence-electron chi connectivity index (χ2n) is 6.07. The molecule has 2 aliphatic heterocycles. The summed E-state index contributed by atoms with van der Waals surface area (Å²) in [6.45, 7) is 3.94. The second-order valence-corrected chi connectivity index (χ2v) is 7.67. The maximum absolute atomic E-state index is 6.21. The number of furan rings is 1. The zero-order chi connectivity index (χ0) is 14.7. The molecule has 118 valence electrons. The Balaban J connectivity index is 1.75. The summed E-state index contributed by atoms with van der Waals surface area (Å²) >= 11 is 8.01. The Kier molecular flexibility index (Phi) is 5.20. The third-order valence-electron chi connectivity index (χ3n) is 4.73. The Morgan fingerprint density at radius 1 is 1.43 bits per heavy atom. The number of halogens is 1. The maximum Gasteiger partial charge on any atom is 0.193 e. The van der Waals surface area contributed by atoms with E-state index < -0.39 is 0 Å². The van der Waals surface area contributed by atoms with Crippen LogP contribution < -0.4 is 5.32 Å². The molecule has 0 aromatic carbocycles. The third-order valence-corrected chi connectivity index (χ3v) is 5.92. The first-order chi connectivity index (χ1) is 10.2. The van der Waals surface area contributed by atoms with Crippen LogP contribution in [0.2, 0.25) is 5.22 Å². The van der Waals surface area contributed by atoms with Crippen molar-refractivity contribution in [3.05, 3.63) is 23.1 Å². The van der Waals surface area contributed by atoms with E-state index in [0.29, 0.717) is 11.1 Å². The minimum atomic E-state index is 0.109. The molecule has 3 rings (SSSR count). The van der Waals surface area contributed by atoms with Crippen LogP contribution in [0.3, 0.4) is 0 Å². The van der Waals surface area contributed by atoms with Gasteiger partial charge in [-0.05, 0) is 73.4 Å². The number of ether oxygens (including phenoxy) is 1. The maximum atomic E-state index is 6.21. The van der Waals surface area contributed by atoms with Gasteiger partial charge in [-0.25, -0.2) is 0 Å². The van der Waals surface area contributed by atoms with Crippen LogP contribution in [-0.4, -0.2) is 30.3 Å². The molecule has 1 N–H and O–H groups in total. The van der Waals surface area contributed by atoms with E-state index in [1.807, 2.05) is 12.1 Å². The fourth-order valence-corrected chi connectivity index (χ4v) is 5.05. The molecule has 0 bridgehead atoms. The molecule has 2 unspecified atom stereocenters. The monoisotopic (exact) mass is 329 g/mol. The van der Waals surface area contributed by atoms with Crippen molar-refractivity contribution in [1.82, 2.24) is 5.32 Å². The Morgan fingerprint density at radius 3 is 2.90 bits per heavy atom. The molecule has 3 heterocycles. The Bertz CT molecular complexity index is 453. The Labute approximate surface area is 136 Å². The van der Waals surface area contributed by atoms with E-state index in [4.69, 9.17) is 20.8 Å². The van der Waals surface area contributed by atoms with Gasteiger partial charge in [-0.2, -0.15) is 11.8 Å². The van der Waals surface area contributed by atoms with Crippen molar-refractivity contribution in [1.29, 1.82) is 0 Å². The summed E-state index contributed by atoms with van der Waals surface area (Å²) in [5, 5.41) is 4.07. The van der Waals surface area contributed by atoms with E-state index in [1.165, 1.54) is 24.3 Å². The fraction of sp³-hybridized carbons (Fsp3) is 0.750. The third kappa shape index (κ3) is 3.61. The summed E-state index contributed by atoms with van der Waals surface area (Å²) in [4.78, 5) is 0. The first kappa shape index (κ1) is 15.7. The number of rotatable bonds is 4. The van der Waals surface area contributed by atoms with Crippen LogP contribution >= 0.6 is 23.4 Å². The minimum Gasteiger partial charge on any atom is -0.448 e. The van der Waals surface area contributed by atoms with Crippen LogP contribution in [0, 0.1) is 5.92 Å². The normalized spacial score (nSPS) is 26.9. The summed E-state index contributed by atoms with van der Waals surface area (Å²) in [5.41, 5.74) is 0.109. The lowest BCUT2D eigenvalue weighted by Gasteiger charge is -2.45. The highest BCUT2D eigenvalue weighted by Gasteiger charge is 2.41. The molecule has 1 spiro atoms. The lowest BCUT2D eigenvalue weighted by atomic mass is 9.78. The molecule has 0 saturated carbocycles. The van der Waals surface area contributed by atoms with E-state index >= 15 is 0 Å². The van der Waals surface area contributed by atoms with Crippen molar-refractivity contribution in [2.24, 2.45) is 5.92 Å². The Hall–Kier alpha value is -0.160. The van der Waals surface area contributed by atoms with Gasteiger partial charge < -0.3 is 14.5 Å². The van der Waals surface area contributed by atoms with Gasteiger partial charge in [0, 0.05) is 6.61 Å². The molecule has 2 saturated heterocycles. The summed E-state index contributed by atoms with van der Waals surface area (Å²) < 4.78 is 11.9. The molecule has 5 heteroatoms. The largest absolute Gasteiger partial charge is 0.448 e. The van der Waals surface area contributed by atoms with Crippen molar-refractivity contribution >= 4 is 23.4 Å². The van der Waals surface area contributed by atoms with E-state index in [0.717, 1.165) is 31.8 Å². The summed E-state index contributed by atoms with van der Waals surface area (Å²) in [6.07, 6.45) is 4.59. The smallest absolute Gasteiger partial charge is 0.193 e. The van der Waals surface area contributed by atoms with Crippen LogP contribution in [0.4, 0.5) is 0 Å². The highest BCUT2D eigenvalue weighted by molar-refractivity contribution is 7.99. The minimum absolute atomic E-state index is 0.109. The predicted molar refractivity (Wildman–Crippen MR) is 88.1 cm³/mol. The summed E-state index contributed by atoms with van der Waals surface area (Å²) in [6, 6.07) is 4.10. The van der Waals surface area contributed by atoms with Crippen LogP contribution in [0.1, 0.15) is 44.4 Å². The van der Waals surface area contributed by atoms with Gasteiger partial charge >= 0.3 is 0 Å². The van der Waals surface area contributed by atoms with Gasteiger partial charge in [0.2, 0.25) is 0 Å². The number of thioether (sulfide) groups is 1. The van der Waals surface area contributed by atoms with Crippen molar-refractivity contribution < 1.29 is 9.15 Å². The van der Waals surface area contributed by atoms with Crippen molar-refractivity contribution in [2.75, 3.05) is 24.7 Å². The molecule has 0 aliphatic carbocycles. The highest BCUT2D eigenvalue weighted by atomic mass is 35.5. The van der Waals surface area contributed by atoms with Crippen LogP contribution in [-0.2, 0) is 4.74 Å². The quantitative estimate of drug-likeness (QED) is 0.894. The molecule has 21 heavy (non-hydrogen) atoms. The average Bonchev–Trinajstić information content (AvgIpc) is 2.92. The lowest BCUT2D eigenvalue weighted by Crippen LogP contribution is -2.45. The van der Waals surface area contributed by atoms with Crippen molar-refractivity contribution in [3.8, 4) is 0 Å². The molecule has 1 aromatic heterocycles. The average molecular weight is 330 g/mol. The van der Waals surface area contributed by atoms with Gasteiger partial charge in [-0.1, -0.05) is 6.92 Å². The number of hydrogen-bond acceptors (Lipinski definition) is 4. The summed E-state index contributed by atoms with van der Waals surface area (Å²) in [7, 11) is 0. The molecule has 2 atom stereocenters. The highest BCUT2D eigenvalue weighted by Crippen LogP contribution is 2.43.